The molecular formula is C21H21FN4O3. The lowest BCUT2D eigenvalue weighted by Gasteiger charge is -2.22. The minimum atomic E-state index is -0.771. The van der Waals surface area contributed by atoms with Gasteiger partial charge in [0, 0.05) is 18.3 Å². The van der Waals surface area contributed by atoms with Crippen molar-refractivity contribution in [2.75, 3.05) is 11.4 Å². The molecule has 8 heteroatoms. The molecule has 2 aromatic rings. The molecule has 1 fully saturated rings. The highest BCUT2D eigenvalue weighted by Gasteiger charge is 2.35. The SMILES string of the molecule is CC(C)(C)OC(=O)N[C@H]1CCN(c2ccc(-c3cccnc3C#N)cc2F)C1=O. The summed E-state index contributed by atoms with van der Waals surface area (Å²) in [6.45, 7) is 5.46. The first-order valence-electron chi connectivity index (χ1n) is 9.15. The summed E-state index contributed by atoms with van der Waals surface area (Å²) in [6, 6.07) is 8.96. The minimum Gasteiger partial charge on any atom is -0.444 e. The number of hydrogen-bond acceptors (Lipinski definition) is 5. The van der Waals surface area contributed by atoms with E-state index in [1.165, 1.54) is 23.2 Å². The van der Waals surface area contributed by atoms with E-state index in [-0.39, 0.29) is 17.9 Å². The second kappa shape index (κ2) is 7.87. The van der Waals surface area contributed by atoms with Crippen molar-refractivity contribution >= 4 is 17.7 Å². The second-order valence-corrected chi connectivity index (χ2v) is 7.65. The van der Waals surface area contributed by atoms with E-state index in [0.29, 0.717) is 17.5 Å². The van der Waals surface area contributed by atoms with Crippen LogP contribution in [0.1, 0.15) is 32.9 Å². The molecule has 1 saturated heterocycles. The van der Waals surface area contributed by atoms with E-state index in [1.807, 2.05) is 6.07 Å². The van der Waals surface area contributed by atoms with Crippen LogP contribution in [-0.4, -0.2) is 35.2 Å². The monoisotopic (exact) mass is 396 g/mol. The van der Waals surface area contributed by atoms with Crippen molar-refractivity contribution in [1.29, 1.82) is 5.26 Å². The van der Waals surface area contributed by atoms with Crippen molar-refractivity contribution in [3.05, 3.63) is 48.0 Å². The predicted octanol–water partition coefficient (Wildman–Crippen LogP) is 3.39. The summed E-state index contributed by atoms with van der Waals surface area (Å²) in [4.78, 5) is 29.9. The number of ether oxygens (including phenoxy) is 1. The smallest absolute Gasteiger partial charge is 0.408 e. The van der Waals surface area contributed by atoms with Gasteiger partial charge in [-0.05, 0) is 57.0 Å². The summed E-state index contributed by atoms with van der Waals surface area (Å²) in [7, 11) is 0. The van der Waals surface area contributed by atoms with Crippen LogP contribution >= 0.6 is 0 Å². The summed E-state index contributed by atoms with van der Waals surface area (Å²) in [5.41, 5.74) is 0.638. The Morgan fingerprint density at radius 1 is 1.38 bits per heavy atom. The third-order valence-electron chi connectivity index (χ3n) is 4.36. The van der Waals surface area contributed by atoms with Crippen LogP contribution in [-0.2, 0) is 9.53 Å². The van der Waals surface area contributed by atoms with Crippen molar-refractivity contribution in [3.63, 3.8) is 0 Å². The lowest BCUT2D eigenvalue weighted by Crippen LogP contribution is -2.43. The van der Waals surface area contributed by atoms with Gasteiger partial charge in [0.1, 0.15) is 29.2 Å². The highest BCUT2D eigenvalue weighted by molar-refractivity contribution is 6.01. The Hall–Kier alpha value is -3.47. The highest BCUT2D eigenvalue weighted by atomic mass is 19.1. The lowest BCUT2D eigenvalue weighted by molar-refractivity contribution is -0.118. The van der Waals surface area contributed by atoms with Crippen LogP contribution in [0.15, 0.2) is 36.5 Å². The van der Waals surface area contributed by atoms with Gasteiger partial charge in [-0.2, -0.15) is 5.26 Å². The highest BCUT2D eigenvalue weighted by Crippen LogP contribution is 2.30. The molecule has 0 radical (unpaired) electrons. The number of nitrogens with one attached hydrogen (secondary N) is 1. The number of alkyl carbamates (subject to hydrolysis) is 1. The molecule has 150 valence electrons. The Kier molecular flexibility index (Phi) is 5.50. The number of rotatable bonds is 3. The quantitative estimate of drug-likeness (QED) is 0.858. The molecule has 1 aromatic heterocycles. The van der Waals surface area contributed by atoms with Crippen molar-refractivity contribution in [3.8, 4) is 17.2 Å². The lowest BCUT2D eigenvalue weighted by atomic mass is 10.0. The Bertz CT molecular complexity index is 994. The topological polar surface area (TPSA) is 95.3 Å². The number of nitrogens with zero attached hydrogens (tertiary/aromatic N) is 3. The zero-order chi connectivity index (χ0) is 21.2. The molecule has 3 rings (SSSR count). The van der Waals surface area contributed by atoms with Crippen LogP contribution in [0.3, 0.4) is 0 Å². The molecule has 1 aliphatic rings. The fourth-order valence-corrected chi connectivity index (χ4v) is 3.12. The van der Waals surface area contributed by atoms with E-state index in [9.17, 15) is 19.2 Å². The molecule has 1 atom stereocenters. The molecule has 0 aliphatic carbocycles. The number of pyridine rings is 1. The molecule has 1 N–H and O–H groups in total. The summed E-state index contributed by atoms with van der Waals surface area (Å²) < 4.78 is 20.0. The first-order chi connectivity index (χ1) is 13.7. The molecule has 29 heavy (non-hydrogen) atoms. The van der Waals surface area contributed by atoms with Gasteiger partial charge in [0.15, 0.2) is 0 Å². The summed E-state index contributed by atoms with van der Waals surface area (Å²) in [5.74, 6) is -0.997. The molecule has 0 unspecified atom stereocenters. The van der Waals surface area contributed by atoms with Gasteiger partial charge in [-0.3, -0.25) is 4.79 Å². The first kappa shape index (κ1) is 20.3. The fourth-order valence-electron chi connectivity index (χ4n) is 3.12. The number of aromatic nitrogens is 1. The third kappa shape index (κ3) is 4.51. The van der Waals surface area contributed by atoms with E-state index in [0.717, 1.165) is 0 Å². The summed E-state index contributed by atoms with van der Waals surface area (Å²) >= 11 is 0. The van der Waals surface area contributed by atoms with Crippen LogP contribution in [0.4, 0.5) is 14.9 Å². The van der Waals surface area contributed by atoms with Crippen molar-refractivity contribution < 1.29 is 18.7 Å². The molecule has 1 aliphatic heterocycles. The van der Waals surface area contributed by atoms with Crippen LogP contribution < -0.4 is 10.2 Å². The minimum absolute atomic E-state index is 0.120. The van der Waals surface area contributed by atoms with Crippen LogP contribution in [0.25, 0.3) is 11.1 Å². The van der Waals surface area contributed by atoms with Gasteiger partial charge in [0.25, 0.3) is 0 Å². The number of hydrogen-bond donors (Lipinski definition) is 1. The van der Waals surface area contributed by atoms with Gasteiger partial charge < -0.3 is 15.0 Å². The van der Waals surface area contributed by atoms with E-state index >= 15 is 0 Å². The third-order valence-corrected chi connectivity index (χ3v) is 4.36. The van der Waals surface area contributed by atoms with Crippen molar-refractivity contribution in [1.82, 2.24) is 10.3 Å². The number of carbonyl (C=O) groups excluding carboxylic acids is 2. The average Bonchev–Trinajstić information content (AvgIpc) is 3.00. The number of benzene rings is 1. The maximum atomic E-state index is 14.8. The molecule has 0 spiro atoms. The number of carbonyl (C=O) groups is 2. The Morgan fingerprint density at radius 3 is 2.79 bits per heavy atom. The molecule has 2 heterocycles. The molecule has 2 amide bonds. The van der Waals surface area contributed by atoms with Gasteiger partial charge >= 0.3 is 6.09 Å². The van der Waals surface area contributed by atoms with Gasteiger partial charge in [-0.25, -0.2) is 14.2 Å². The van der Waals surface area contributed by atoms with Crippen LogP contribution in [0.5, 0.6) is 0 Å². The maximum absolute atomic E-state index is 14.8. The van der Waals surface area contributed by atoms with Crippen molar-refractivity contribution in [2.24, 2.45) is 0 Å². The first-order valence-corrected chi connectivity index (χ1v) is 9.15. The van der Waals surface area contributed by atoms with Gasteiger partial charge in [0.05, 0.1) is 5.69 Å². The average molecular weight is 396 g/mol. The van der Waals surface area contributed by atoms with Crippen LogP contribution in [0.2, 0.25) is 0 Å². The predicted molar refractivity (Wildman–Crippen MR) is 104 cm³/mol. The van der Waals surface area contributed by atoms with E-state index in [4.69, 9.17) is 4.74 Å². The van der Waals surface area contributed by atoms with Gasteiger partial charge in [-0.15, -0.1) is 0 Å². The molecule has 7 nitrogen and oxygen atoms in total. The normalized spacial score (nSPS) is 16.4. The Balaban J connectivity index is 1.77. The Morgan fingerprint density at radius 2 is 2.14 bits per heavy atom. The molecular weight excluding hydrogens is 375 g/mol. The maximum Gasteiger partial charge on any atom is 0.408 e. The standard InChI is InChI=1S/C21H21FN4O3/c1-21(2,3)29-20(28)25-16-8-10-26(19(16)27)18-7-6-13(11-15(18)22)14-5-4-9-24-17(14)12-23/h4-7,9,11,16H,8,10H2,1-3H3,(H,25,28)/t16-/m0/s1. The zero-order valence-electron chi connectivity index (χ0n) is 16.4. The van der Waals surface area contributed by atoms with E-state index < -0.39 is 29.5 Å². The molecule has 0 bridgehead atoms. The fraction of sp³-hybridized carbons (Fsp3) is 0.333. The second-order valence-electron chi connectivity index (χ2n) is 7.65. The molecule has 0 saturated carbocycles. The zero-order valence-corrected chi connectivity index (χ0v) is 16.4. The van der Waals surface area contributed by atoms with E-state index in [1.54, 1.807) is 39.0 Å². The summed E-state index contributed by atoms with van der Waals surface area (Å²) in [5, 5.41) is 11.7. The summed E-state index contributed by atoms with van der Waals surface area (Å²) in [6.07, 6.45) is 1.16. The van der Waals surface area contributed by atoms with E-state index in [2.05, 4.69) is 10.3 Å². The number of halogens is 1. The number of anilines is 1. The molecule has 1 aromatic carbocycles. The van der Waals surface area contributed by atoms with Gasteiger partial charge in [0.2, 0.25) is 5.91 Å². The largest absolute Gasteiger partial charge is 0.444 e. The van der Waals surface area contributed by atoms with Crippen molar-refractivity contribution in [2.45, 2.75) is 38.8 Å². The number of amides is 2. The number of nitriles is 1. The Labute approximate surface area is 168 Å². The van der Waals surface area contributed by atoms with Gasteiger partial charge in [-0.1, -0.05) is 6.07 Å². The van der Waals surface area contributed by atoms with Crippen LogP contribution in [0, 0.1) is 17.1 Å².